The molecule has 1 unspecified atom stereocenters. The lowest BCUT2D eigenvalue weighted by molar-refractivity contribution is -0.133. The van der Waals surface area contributed by atoms with Crippen LogP contribution >= 0.6 is 0 Å². The monoisotopic (exact) mass is 436 g/mol. The van der Waals surface area contributed by atoms with Crippen molar-refractivity contribution >= 4 is 11.6 Å². The molecule has 4 nitrogen and oxygen atoms in total. The number of aliphatic hydroxyl groups is 2. The van der Waals surface area contributed by atoms with Gasteiger partial charge in [-0.15, -0.1) is 0 Å². The highest BCUT2D eigenvalue weighted by Gasteiger charge is 2.45. The van der Waals surface area contributed by atoms with Gasteiger partial charge in [0.25, 0.3) is 0 Å². The Hall–Kier alpha value is -2.30. The van der Waals surface area contributed by atoms with Crippen molar-refractivity contribution in [2.24, 2.45) is 0 Å². The summed E-state index contributed by atoms with van der Waals surface area (Å²) in [6.45, 7) is 12.8. The lowest BCUT2D eigenvalue weighted by Gasteiger charge is -2.29. The first kappa shape index (κ1) is 24.3. The van der Waals surface area contributed by atoms with Crippen LogP contribution in [0.5, 0.6) is 0 Å². The standard InChI is InChI=1S/C28H36O4/c1-25(2)17-28(7,20-11-8-18(9-12-20)15-23(29)26(3,4)31)22-14-19(10-13-21(22)25)16-24(30)27(5,6)32/h8-14,31-32H,15-17H2,1-7H3. The van der Waals surface area contributed by atoms with Gasteiger partial charge in [0.15, 0.2) is 11.6 Å². The van der Waals surface area contributed by atoms with Crippen LogP contribution in [0.4, 0.5) is 0 Å². The Morgan fingerprint density at radius 2 is 1.25 bits per heavy atom. The molecule has 0 saturated heterocycles. The second kappa shape index (κ2) is 7.93. The van der Waals surface area contributed by atoms with Crippen LogP contribution in [0.3, 0.4) is 0 Å². The first-order valence-electron chi connectivity index (χ1n) is 11.3. The highest BCUT2D eigenvalue weighted by molar-refractivity contribution is 5.88. The Morgan fingerprint density at radius 3 is 1.75 bits per heavy atom. The lowest BCUT2D eigenvalue weighted by Crippen LogP contribution is -2.32. The average molecular weight is 437 g/mol. The van der Waals surface area contributed by atoms with Gasteiger partial charge in [0.2, 0.25) is 0 Å². The summed E-state index contributed by atoms with van der Waals surface area (Å²) < 4.78 is 0. The second-order valence-electron chi connectivity index (χ2n) is 11.3. The summed E-state index contributed by atoms with van der Waals surface area (Å²) in [6.07, 6.45) is 1.33. The van der Waals surface area contributed by atoms with Gasteiger partial charge >= 0.3 is 0 Å². The fourth-order valence-corrected chi connectivity index (χ4v) is 4.87. The molecule has 0 aromatic heterocycles. The van der Waals surface area contributed by atoms with Gasteiger partial charge in [0.05, 0.1) is 0 Å². The number of Topliss-reactive ketones (excluding diaryl/α,β-unsaturated/α-hetero) is 2. The first-order chi connectivity index (χ1) is 14.5. The van der Waals surface area contributed by atoms with E-state index in [4.69, 9.17) is 0 Å². The molecule has 0 saturated carbocycles. The maximum atomic E-state index is 12.4. The maximum absolute atomic E-state index is 12.4. The molecule has 172 valence electrons. The number of benzene rings is 2. The minimum absolute atomic E-state index is 0.0155. The number of carbonyl (C=O) groups is 2. The summed E-state index contributed by atoms with van der Waals surface area (Å²) in [7, 11) is 0. The summed E-state index contributed by atoms with van der Waals surface area (Å²) in [5.41, 5.74) is 2.51. The zero-order chi connectivity index (χ0) is 24.1. The summed E-state index contributed by atoms with van der Waals surface area (Å²) in [4.78, 5) is 24.6. The van der Waals surface area contributed by atoms with Crippen LogP contribution in [0.2, 0.25) is 0 Å². The van der Waals surface area contributed by atoms with E-state index in [2.05, 4.69) is 45.0 Å². The van der Waals surface area contributed by atoms with E-state index in [9.17, 15) is 19.8 Å². The number of fused-ring (bicyclic) bond motifs is 1. The minimum Gasteiger partial charge on any atom is -0.383 e. The van der Waals surface area contributed by atoms with Gasteiger partial charge in [0.1, 0.15) is 11.2 Å². The molecule has 4 heteroatoms. The minimum atomic E-state index is -1.35. The van der Waals surface area contributed by atoms with Gasteiger partial charge in [0, 0.05) is 18.3 Å². The van der Waals surface area contributed by atoms with E-state index in [1.165, 1.54) is 38.8 Å². The molecule has 0 spiro atoms. The van der Waals surface area contributed by atoms with Crippen LogP contribution < -0.4 is 0 Å². The topological polar surface area (TPSA) is 74.6 Å². The van der Waals surface area contributed by atoms with E-state index >= 15 is 0 Å². The molecule has 3 rings (SSSR count). The van der Waals surface area contributed by atoms with Gasteiger partial charge < -0.3 is 10.2 Å². The van der Waals surface area contributed by atoms with Gasteiger partial charge in [-0.1, -0.05) is 63.2 Å². The Balaban J connectivity index is 1.96. The van der Waals surface area contributed by atoms with Crippen molar-refractivity contribution in [1.82, 2.24) is 0 Å². The third-order valence-electron chi connectivity index (χ3n) is 6.89. The first-order valence-corrected chi connectivity index (χ1v) is 11.3. The number of ketones is 2. The van der Waals surface area contributed by atoms with E-state index < -0.39 is 11.2 Å². The highest BCUT2D eigenvalue weighted by Crippen LogP contribution is 2.53. The largest absolute Gasteiger partial charge is 0.383 e. The van der Waals surface area contributed by atoms with Gasteiger partial charge in [-0.2, -0.15) is 0 Å². The number of hydrogen-bond acceptors (Lipinski definition) is 4. The zero-order valence-electron chi connectivity index (χ0n) is 20.4. The van der Waals surface area contributed by atoms with E-state index in [-0.39, 0.29) is 35.2 Å². The van der Waals surface area contributed by atoms with Crippen LogP contribution in [-0.4, -0.2) is 33.0 Å². The number of rotatable bonds is 7. The zero-order valence-corrected chi connectivity index (χ0v) is 20.4. The molecule has 2 N–H and O–H groups in total. The molecule has 32 heavy (non-hydrogen) atoms. The third-order valence-corrected chi connectivity index (χ3v) is 6.89. The normalized spacial score (nSPS) is 20.2. The van der Waals surface area contributed by atoms with Crippen LogP contribution in [0.15, 0.2) is 42.5 Å². The maximum Gasteiger partial charge on any atom is 0.168 e. The lowest BCUT2D eigenvalue weighted by atomic mass is 9.74. The van der Waals surface area contributed by atoms with Crippen molar-refractivity contribution in [2.75, 3.05) is 0 Å². The summed E-state index contributed by atoms with van der Waals surface area (Å²) in [5.74, 6) is -0.401. The summed E-state index contributed by atoms with van der Waals surface area (Å²) >= 11 is 0. The van der Waals surface area contributed by atoms with Crippen LogP contribution in [0, 0.1) is 0 Å². The van der Waals surface area contributed by atoms with E-state index in [1.54, 1.807) is 0 Å². The van der Waals surface area contributed by atoms with Gasteiger partial charge in [-0.3, -0.25) is 9.59 Å². The van der Waals surface area contributed by atoms with E-state index in [0.717, 1.165) is 23.1 Å². The molecule has 0 heterocycles. The molecule has 2 aromatic rings. The van der Waals surface area contributed by atoms with Gasteiger partial charge in [-0.25, -0.2) is 0 Å². The number of hydrogen-bond donors (Lipinski definition) is 2. The molecule has 0 bridgehead atoms. The van der Waals surface area contributed by atoms with Crippen molar-refractivity contribution in [3.8, 4) is 0 Å². The quantitative estimate of drug-likeness (QED) is 0.673. The Morgan fingerprint density at radius 1 is 0.781 bits per heavy atom. The number of carbonyl (C=O) groups excluding carboxylic acids is 2. The molecule has 0 amide bonds. The smallest absolute Gasteiger partial charge is 0.168 e. The molecular weight excluding hydrogens is 400 g/mol. The molecular formula is C28H36O4. The Bertz CT molecular complexity index is 1030. The van der Waals surface area contributed by atoms with Gasteiger partial charge in [-0.05, 0) is 67.3 Å². The van der Waals surface area contributed by atoms with Crippen LogP contribution in [0.1, 0.15) is 82.7 Å². The van der Waals surface area contributed by atoms with Crippen molar-refractivity contribution in [2.45, 2.75) is 89.8 Å². The molecule has 0 fully saturated rings. The third kappa shape index (κ3) is 4.72. The van der Waals surface area contributed by atoms with Crippen molar-refractivity contribution < 1.29 is 19.8 Å². The van der Waals surface area contributed by atoms with Crippen LogP contribution in [-0.2, 0) is 33.3 Å². The predicted octanol–water partition coefficient (Wildman–Crippen LogP) is 4.44. The van der Waals surface area contributed by atoms with Crippen molar-refractivity contribution in [3.63, 3.8) is 0 Å². The fraction of sp³-hybridized carbons (Fsp3) is 0.500. The molecule has 0 aliphatic heterocycles. The van der Waals surface area contributed by atoms with Crippen molar-refractivity contribution in [3.05, 3.63) is 70.3 Å². The Labute approximate surface area is 191 Å². The fourth-order valence-electron chi connectivity index (χ4n) is 4.87. The van der Waals surface area contributed by atoms with Crippen LogP contribution in [0.25, 0.3) is 0 Å². The van der Waals surface area contributed by atoms with E-state index in [0.29, 0.717) is 0 Å². The molecule has 2 aromatic carbocycles. The second-order valence-corrected chi connectivity index (χ2v) is 11.3. The SMILES string of the molecule is CC(C)(O)C(=O)Cc1ccc(C2(C)CC(C)(C)c3ccc(CC(=O)C(C)(C)O)cc32)cc1. The highest BCUT2D eigenvalue weighted by atomic mass is 16.3. The molecule has 0 radical (unpaired) electrons. The van der Waals surface area contributed by atoms with E-state index in [1.807, 2.05) is 18.2 Å². The molecule has 1 aliphatic carbocycles. The molecule has 1 aliphatic rings. The Kier molecular flexibility index (Phi) is 6.03. The summed E-state index contributed by atoms with van der Waals surface area (Å²) in [5, 5.41) is 20.0. The summed E-state index contributed by atoms with van der Waals surface area (Å²) in [6, 6.07) is 14.3. The van der Waals surface area contributed by atoms with Crippen molar-refractivity contribution in [1.29, 1.82) is 0 Å². The average Bonchev–Trinajstić information content (AvgIpc) is 2.87. The predicted molar refractivity (Wildman–Crippen MR) is 127 cm³/mol. The molecule has 1 atom stereocenters.